The van der Waals surface area contributed by atoms with Gasteiger partial charge in [0.1, 0.15) is 11.5 Å². The first-order chi connectivity index (χ1) is 17.4. The molecule has 1 fully saturated rings. The molecule has 4 rings (SSSR count). The molecule has 9 nitrogen and oxygen atoms in total. The molecule has 36 heavy (non-hydrogen) atoms. The van der Waals surface area contributed by atoms with E-state index in [2.05, 4.69) is 57.6 Å². The number of fused-ring (bicyclic) bond motifs is 1. The van der Waals surface area contributed by atoms with Crippen LogP contribution in [0.3, 0.4) is 0 Å². The van der Waals surface area contributed by atoms with Crippen LogP contribution in [0, 0.1) is 0 Å². The summed E-state index contributed by atoms with van der Waals surface area (Å²) < 4.78 is 10.5. The van der Waals surface area contributed by atoms with E-state index in [0.29, 0.717) is 23.7 Å². The van der Waals surface area contributed by atoms with Crippen LogP contribution in [0.1, 0.15) is 23.6 Å². The van der Waals surface area contributed by atoms with Crippen molar-refractivity contribution in [3.8, 4) is 11.5 Å². The van der Waals surface area contributed by atoms with E-state index in [9.17, 15) is 9.59 Å². The van der Waals surface area contributed by atoms with Gasteiger partial charge in [0.15, 0.2) is 0 Å². The molecule has 2 aliphatic rings. The van der Waals surface area contributed by atoms with Gasteiger partial charge in [0.25, 0.3) is 0 Å². The van der Waals surface area contributed by atoms with E-state index < -0.39 is 11.8 Å². The van der Waals surface area contributed by atoms with Crippen molar-refractivity contribution in [2.24, 2.45) is 0 Å². The fourth-order valence-electron chi connectivity index (χ4n) is 4.95. The summed E-state index contributed by atoms with van der Waals surface area (Å²) in [5.74, 6) is -0.391. The Kier molecular flexibility index (Phi) is 8.32. The number of hydrogen-bond acceptors (Lipinski definition) is 7. The van der Waals surface area contributed by atoms with Crippen LogP contribution in [0.4, 0.5) is 11.4 Å². The summed E-state index contributed by atoms with van der Waals surface area (Å²) in [4.78, 5) is 32.5. The lowest BCUT2D eigenvalue weighted by atomic mass is 9.95. The van der Waals surface area contributed by atoms with Crippen LogP contribution in [-0.2, 0) is 16.0 Å². The zero-order chi connectivity index (χ0) is 25.7. The Hall–Kier alpha value is -3.30. The van der Waals surface area contributed by atoms with E-state index in [-0.39, 0.29) is 6.04 Å². The minimum absolute atomic E-state index is 0.0106. The van der Waals surface area contributed by atoms with Gasteiger partial charge in [-0.05, 0) is 49.2 Å². The molecule has 0 saturated carbocycles. The number of nitrogens with zero attached hydrogens (tertiary/aromatic N) is 3. The number of carbonyl (C=O) groups excluding carboxylic acids is 2. The average Bonchev–Trinajstić information content (AvgIpc) is 2.90. The van der Waals surface area contributed by atoms with Crippen molar-refractivity contribution < 1.29 is 19.1 Å². The molecular formula is C27H37N5O4. The molecule has 2 aromatic rings. The second-order valence-electron chi connectivity index (χ2n) is 9.50. The number of likely N-dealkylation sites (N-methyl/N-ethyl adjacent to an activating group) is 1. The van der Waals surface area contributed by atoms with Crippen molar-refractivity contribution in [2.75, 3.05) is 77.8 Å². The Morgan fingerprint density at radius 2 is 1.72 bits per heavy atom. The molecule has 0 radical (unpaired) electrons. The second kappa shape index (κ2) is 11.6. The number of aryl methyl sites for hydroxylation is 1. The van der Waals surface area contributed by atoms with Crippen molar-refractivity contribution in [1.29, 1.82) is 0 Å². The number of nitrogens with one attached hydrogen (secondary N) is 2. The summed E-state index contributed by atoms with van der Waals surface area (Å²) >= 11 is 0. The first-order valence-corrected chi connectivity index (χ1v) is 12.5. The molecule has 2 aliphatic heterocycles. The molecule has 2 amide bonds. The summed E-state index contributed by atoms with van der Waals surface area (Å²) in [7, 11) is 7.31. The molecule has 0 bridgehead atoms. The van der Waals surface area contributed by atoms with Crippen LogP contribution in [0.5, 0.6) is 11.5 Å². The molecule has 1 unspecified atom stereocenters. The number of ether oxygens (including phenoxy) is 2. The van der Waals surface area contributed by atoms with Gasteiger partial charge in [-0.3, -0.25) is 14.5 Å². The highest BCUT2D eigenvalue weighted by molar-refractivity contribution is 6.39. The monoisotopic (exact) mass is 495 g/mol. The first-order valence-electron chi connectivity index (χ1n) is 12.5. The average molecular weight is 496 g/mol. The number of hydrogen-bond donors (Lipinski definition) is 2. The molecule has 9 heteroatoms. The van der Waals surface area contributed by atoms with Crippen LogP contribution >= 0.6 is 0 Å². The Labute approximate surface area is 213 Å². The van der Waals surface area contributed by atoms with Crippen molar-refractivity contribution >= 4 is 23.2 Å². The maximum atomic E-state index is 12.8. The molecule has 0 aromatic heterocycles. The molecule has 1 atom stereocenters. The van der Waals surface area contributed by atoms with Crippen molar-refractivity contribution in [3.05, 3.63) is 47.5 Å². The van der Waals surface area contributed by atoms with Crippen LogP contribution in [-0.4, -0.2) is 89.2 Å². The van der Waals surface area contributed by atoms with Crippen molar-refractivity contribution in [3.63, 3.8) is 0 Å². The molecule has 0 spiro atoms. The Morgan fingerprint density at radius 1 is 0.944 bits per heavy atom. The third-order valence-corrected chi connectivity index (χ3v) is 7.14. The predicted molar refractivity (Wildman–Crippen MR) is 141 cm³/mol. The van der Waals surface area contributed by atoms with E-state index >= 15 is 0 Å². The van der Waals surface area contributed by atoms with Gasteiger partial charge in [-0.15, -0.1) is 0 Å². The SMILES string of the molecule is COc1ccc(NC(=O)C(=O)NCC(c2ccc3c(c2)CCCN3C)N2CCN(C)CC2)c(OC)c1. The molecule has 2 heterocycles. The summed E-state index contributed by atoms with van der Waals surface area (Å²) in [5.41, 5.74) is 4.20. The number of rotatable bonds is 7. The molecule has 2 aromatic carbocycles. The number of piperazine rings is 1. The Balaban J connectivity index is 1.47. The topological polar surface area (TPSA) is 86.4 Å². The number of methoxy groups -OCH3 is 2. The molecule has 2 N–H and O–H groups in total. The van der Waals surface area contributed by atoms with E-state index in [1.54, 1.807) is 25.3 Å². The minimum atomic E-state index is -0.734. The van der Waals surface area contributed by atoms with Crippen LogP contribution in [0.25, 0.3) is 0 Å². The summed E-state index contributed by atoms with van der Waals surface area (Å²) in [5, 5.41) is 5.53. The number of anilines is 2. The summed E-state index contributed by atoms with van der Waals surface area (Å²) in [6.45, 7) is 5.17. The van der Waals surface area contributed by atoms with Gasteiger partial charge in [-0.25, -0.2) is 0 Å². The normalized spacial score (nSPS) is 17.2. The predicted octanol–water partition coefficient (Wildman–Crippen LogP) is 2.13. The van der Waals surface area contributed by atoms with E-state index in [4.69, 9.17) is 9.47 Å². The van der Waals surface area contributed by atoms with E-state index in [1.807, 2.05) is 0 Å². The lowest BCUT2D eigenvalue weighted by Gasteiger charge is -2.39. The number of amides is 2. The van der Waals surface area contributed by atoms with Crippen LogP contribution in [0.2, 0.25) is 0 Å². The molecule has 194 valence electrons. The third kappa shape index (κ3) is 5.91. The zero-order valence-corrected chi connectivity index (χ0v) is 21.7. The van der Waals surface area contributed by atoms with E-state index in [0.717, 1.165) is 45.6 Å². The number of benzene rings is 2. The fourth-order valence-corrected chi connectivity index (χ4v) is 4.95. The largest absolute Gasteiger partial charge is 0.497 e. The quantitative estimate of drug-likeness (QED) is 0.569. The summed E-state index contributed by atoms with van der Waals surface area (Å²) in [6.07, 6.45) is 2.19. The van der Waals surface area contributed by atoms with E-state index in [1.165, 1.54) is 23.9 Å². The first kappa shape index (κ1) is 25.8. The standard InChI is InChI=1S/C27H37N5O4/c1-30-12-14-32(15-13-30)24(20-7-10-23-19(16-20)6-5-11-31(23)2)18-28-26(33)27(34)29-22-9-8-21(35-3)17-25(22)36-4/h7-10,16-17,24H,5-6,11-15,18H2,1-4H3,(H,28,33)(H,29,34). The highest BCUT2D eigenvalue weighted by Crippen LogP contribution is 2.31. The molecular weight excluding hydrogens is 458 g/mol. The van der Waals surface area contributed by atoms with Crippen molar-refractivity contribution in [1.82, 2.24) is 15.1 Å². The smallest absolute Gasteiger partial charge is 0.313 e. The van der Waals surface area contributed by atoms with Gasteiger partial charge >= 0.3 is 11.8 Å². The van der Waals surface area contributed by atoms with Crippen molar-refractivity contribution in [2.45, 2.75) is 18.9 Å². The second-order valence-corrected chi connectivity index (χ2v) is 9.50. The van der Waals surface area contributed by atoms with Gasteiger partial charge in [-0.2, -0.15) is 0 Å². The number of carbonyl (C=O) groups is 2. The highest BCUT2D eigenvalue weighted by atomic mass is 16.5. The Morgan fingerprint density at radius 3 is 2.44 bits per heavy atom. The van der Waals surface area contributed by atoms with Crippen LogP contribution in [0.15, 0.2) is 36.4 Å². The fraction of sp³-hybridized carbons (Fsp3) is 0.481. The lowest BCUT2D eigenvalue weighted by molar-refractivity contribution is -0.136. The van der Waals surface area contributed by atoms with Gasteiger partial charge in [0.05, 0.1) is 25.9 Å². The third-order valence-electron chi connectivity index (χ3n) is 7.14. The summed E-state index contributed by atoms with van der Waals surface area (Å²) in [6, 6.07) is 11.6. The zero-order valence-electron chi connectivity index (χ0n) is 21.7. The minimum Gasteiger partial charge on any atom is -0.497 e. The van der Waals surface area contributed by atoms with Gasteiger partial charge < -0.3 is 29.9 Å². The molecule has 0 aliphatic carbocycles. The van der Waals surface area contributed by atoms with Gasteiger partial charge in [0, 0.05) is 58.1 Å². The maximum Gasteiger partial charge on any atom is 0.313 e. The van der Waals surface area contributed by atoms with Crippen LogP contribution < -0.4 is 25.0 Å². The highest BCUT2D eigenvalue weighted by Gasteiger charge is 2.27. The lowest BCUT2D eigenvalue weighted by Crippen LogP contribution is -2.49. The maximum absolute atomic E-state index is 12.8. The molecule has 1 saturated heterocycles. The van der Waals surface area contributed by atoms with Gasteiger partial charge in [-0.1, -0.05) is 12.1 Å². The van der Waals surface area contributed by atoms with Gasteiger partial charge in [0.2, 0.25) is 0 Å². The Bertz CT molecular complexity index is 1080.